The van der Waals surface area contributed by atoms with Gasteiger partial charge in [-0.1, -0.05) is 15.9 Å². The molecule has 1 aromatic carbocycles. The normalized spacial score (nSPS) is 11.0. The third-order valence-electron chi connectivity index (χ3n) is 2.68. The number of H-pyrrole nitrogens is 1. The molecule has 4 nitrogen and oxygen atoms in total. The van der Waals surface area contributed by atoms with Crippen LogP contribution >= 0.6 is 15.9 Å². The van der Waals surface area contributed by atoms with Crippen LogP contribution in [0.25, 0.3) is 22.2 Å². The van der Waals surface area contributed by atoms with E-state index in [0.717, 1.165) is 15.6 Å². The van der Waals surface area contributed by atoms with Crippen LogP contribution in [0.1, 0.15) is 5.69 Å². The number of aryl methyl sites for hydroxylation is 1. The Morgan fingerprint density at radius 3 is 2.83 bits per heavy atom. The number of nitrogens with one attached hydrogen (secondary N) is 1. The quantitative estimate of drug-likeness (QED) is 0.702. The number of hydrogen-bond donors (Lipinski definition) is 1. The monoisotopic (exact) mass is 304 g/mol. The first-order valence-electron chi connectivity index (χ1n) is 5.39. The molecule has 0 spiro atoms. The molecule has 0 aliphatic heterocycles. The molecule has 18 heavy (non-hydrogen) atoms. The van der Waals surface area contributed by atoms with Crippen molar-refractivity contribution in [3.8, 4) is 11.3 Å². The minimum absolute atomic E-state index is 0.378. The molecule has 5 heteroatoms. The number of aromatic amines is 1. The first-order chi connectivity index (χ1) is 8.63. The molecule has 0 saturated carbocycles. The van der Waals surface area contributed by atoms with Gasteiger partial charge in [0.2, 0.25) is 0 Å². The second-order valence-electron chi connectivity index (χ2n) is 4.07. The lowest BCUT2D eigenvalue weighted by Gasteiger charge is -2.00. The fraction of sp³-hybridized carbons (Fsp3) is 0.0769. The number of halogens is 1. The van der Waals surface area contributed by atoms with Crippen LogP contribution in [0.15, 0.2) is 44.0 Å². The summed E-state index contributed by atoms with van der Waals surface area (Å²) in [6.45, 7) is 1.88. The van der Waals surface area contributed by atoms with Gasteiger partial charge in [-0.2, -0.15) is 5.10 Å². The molecule has 90 valence electrons. The molecular formula is C13H9BrN2O2. The van der Waals surface area contributed by atoms with Crippen molar-refractivity contribution in [2.75, 3.05) is 0 Å². The second-order valence-corrected chi connectivity index (χ2v) is 4.98. The SMILES string of the molecule is Cc1cc(-c2cc3cc(Br)ccc3oc2=O)n[nH]1. The van der Waals surface area contributed by atoms with E-state index in [1.165, 1.54) is 0 Å². The third-order valence-corrected chi connectivity index (χ3v) is 3.17. The molecule has 0 amide bonds. The summed E-state index contributed by atoms with van der Waals surface area (Å²) < 4.78 is 6.22. The first kappa shape index (κ1) is 11.2. The van der Waals surface area contributed by atoms with Crippen LogP contribution in [0.3, 0.4) is 0 Å². The lowest BCUT2D eigenvalue weighted by molar-refractivity contribution is 0.563. The van der Waals surface area contributed by atoms with Gasteiger partial charge >= 0.3 is 5.63 Å². The maximum absolute atomic E-state index is 11.9. The zero-order valence-corrected chi connectivity index (χ0v) is 11.1. The van der Waals surface area contributed by atoms with Gasteiger partial charge < -0.3 is 4.42 Å². The smallest absolute Gasteiger partial charge is 0.345 e. The summed E-state index contributed by atoms with van der Waals surface area (Å²) in [5.74, 6) is 0. The van der Waals surface area contributed by atoms with Gasteiger partial charge in [0.1, 0.15) is 5.58 Å². The van der Waals surface area contributed by atoms with Gasteiger partial charge in [-0.3, -0.25) is 5.10 Å². The van der Waals surface area contributed by atoms with Crippen molar-refractivity contribution in [2.45, 2.75) is 6.92 Å². The number of benzene rings is 1. The van der Waals surface area contributed by atoms with E-state index in [4.69, 9.17) is 4.42 Å². The fourth-order valence-electron chi connectivity index (χ4n) is 1.83. The predicted molar refractivity (Wildman–Crippen MR) is 72.5 cm³/mol. The van der Waals surface area contributed by atoms with Gasteiger partial charge in [0.15, 0.2) is 0 Å². The summed E-state index contributed by atoms with van der Waals surface area (Å²) in [5, 5.41) is 7.75. The Bertz CT molecular complexity index is 789. The molecule has 3 aromatic rings. The van der Waals surface area contributed by atoms with Crippen LogP contribution < -0.4 is 5.63 Å². The van der Waals surface area contributed by atoms with Crippen LogP contribution in [0, 0.1) is 6.92 Å². The van der Waals surface area contributed by atoms with Crippen molar-refractivity contribution in [3.63, 3.8) is 0 Å². The molecule has 3 rings (SSSR count). The second kappa shape index (κ2) is 4.10. The molecule has 0 fully saturated rings. The van der Waals surface area contributed by atoms with Gasteiger partial charge in [-0.15, -0.1) is 0 Å². The summed E-state index contributed by atoms with van der Waals surface area (Å²) in [7, 11) is 0. The molecule has 0 unspecified atom stereocenters. The van der Waals surface area contributed by atoms with Crippen molar-refractivity contribution < 1.29 is 4.42 Å². The number of nitrogens with zero attached hydrogens (tertiary/aromatic N) is 1. The van der Waals surface area contributed by atoms with Crippen LogP contribution in [0.2, 0.25) is 0 Å². The highest BCUT2D eigenvalue weighted by Crippen LogP contribution is 2.22. The average molecular weight is 305 g/mol. The van der Waals surface area contributed by atoms with Gasteiger partial charge in [-0.05, 0) is 37.3 Å². The van der Waals surface area contributed by atoms with Gasteiger partial charge in [0.05, 0.1) is 11.3 Å². The first-order valence-corrected chi connectivity index (χ1v) is 6.18. The topological polar surface area (TPSA) is 58.9 Å². The van der Waals surface area contributed by atoms with Crippen molar-refractivity contribution in [1.82, 2.24) is 10.2 Å². The fourth-order valence-corrected chi connectivity index (χ4v) is 2.21. The van der Waals surface area contributed by atoms with Crippen LogP contribution in [-0.4, -0.2) is 10.2 Å². The minimum atomic E-state index is -0.378. The van der Waals surface area contributed by atoms with Crippen molar-refractivity contribution in [2.24, 2.45) is 0 Å². The Morgan fingerprint density at radius 2 is 2.11 bits per heavy atom. The standard InChI is InChI=1S/C13H9BrN2O2/c1-7-4-11(16-15-7)10-6-8-5-9(14)2-3-12(8)18-13(10)17/h2-6H,1H3,(H,15,16). The summed E-state index contributed by atoms with van der Waals surface area (Å²) in [4.78, 5) is 11.9. The molecule has 0 bridgehead atoms. The van der Waals surface area contributed by atoms with Gasteiger partial charge in [0, 0.05) is 15.6 Å². The van der Waals surface area contributed by atoms with E-state index in [-0.39, 0.29) is 5.63 Å². The molecular weight excluding hydrogens is 296 g/mol. The van der Waals surface area contributed by atoms with E-state index in [2.05, 4.69) is 26.1 Å². The lowest BCUT2D eigenvalue weighted by atomic mass is 10.1. The average Bonchev–Trinajstić information content (AvgIpc) is 2.75. The minimum Gasteiger partial charge on any atom is -0.422 e. The highest BCUT2D eigenvalue weighted by molar-refractivity contribution is 9.10. The van der Waals surface area contributed by atoms with Gasteiger partial charge in [-0.25, -0.2) is 4.79 Å². The van der Waals surface area contributed by atoms with E-state index in [9.17, 15) is 4.79 Å². The summed E-state index contributed by atoms with van der Waals surface area (Å²) in [6, 6.07) is 9.11. The number of hydrogen-bond acceptors (Lipinski definition) is 3. The maximum Gasteiger partial charge on any atom is 0.345 e. The van der Waals surface area contributed by atoms with E-state index in [1.54, 1.807) is 12.1 Å². The van der Waals surface area contributed by atoms with Crippen molar-refractivity contribution in [1.29, 1.82) is 0 Å². The van der Waals surface area contributed by atoms with E-state index in [1.807, 2.05) is 25.1 Å². The molecule has 1 N–H and O–H groups in total. The summed E-state index contributed by atoms with van der Waals surface area (Å²) in [6.07, 6.45) is 0. The largest absolute Gasteiger partial charge is 0.422 e. The highest BCUT2D eigenvalue weighted by atomic mass is 79.9. The molecule has 2 aromatic heterocycles. The summed E-state index contributed by atoms with van der Waals surface area (Å²) >= 11 is 3.39. The van der Waals surface area contributed by atoms with Gasteiger partial charge in [0.25, 0.3) is 0 Å². The Hall–Kier alpha value is -1.88. The molecule has 2 heterocycles. The zero-order valence-electron chi connectivity index (χ0n) is 9.53. The molecule has 0 radical (unpaired) electrons. The molecule has 0 aliphatic carbocycles. The van der Waals surface area contributed by atoms with Crippen molar-refractivity contribution in [3.05, 3.63) is 50.9 Å². The Labute approximate surface area is 111 Å². The Balaban J connectivity index is 2.29. The summed E-state index contributed by atoms with van der Waals surface area (Å²) in [5.41, 5.74) is 2.15. The number of fused-ring (bicyclic) bond motifs is 1. The van der Waals surface area contributed by atoms with E-state index < -0.39 is 0 Å². The number of rotatable bonds is 1. The van der Waals surface area contributed by atoms with Crippen LogP contribution in [0.4, 0.5) is 0 Å². The zero-order chi connectivity index (χ0) is 12.7. The van der Waals surface area contributed by atoms with E-state index in [0.29, 0.717) is 16.8 Å². The Kier molecular flexibility index (Phi) is 2.56. The van der Waals surface area contributed by atoms with E-state index >= 15 is 0 Å². The molecule has 0 atom stereocenters. The molecule has 0 aliphatic rings. The van der Waals surface area contributed by atoms with Crippen LogP contribution in [0.5, 0.6) is 0 Å². The van der Waals surface area contributed by atoms with Crippen molar-refractivity contribution >= 4 is 26.9 Å². The maximum atomic E-state index is 11.9. The molecule has 0 saturated heterocycles. The predicted octanol–water partition coefficient (Wildman–Crippen LogP) is 3.25. The van der Waals surface area contributed by atoms with Crippen LogP contribution in [-0.2, 0) is 0 Å². The number of aromatic nitrogens is 2. The highest BCUT2D eigenvalue weighted by Gasteiger charge is 2.10. The lowest BCUT2D eigenvalue weighted by Crippen LogP contribution is -2.02. The Morgan fingerprint density at radius 1 is 1.28 bits per heavy atom. The third kappa shape index (κ3) is 1.86.